The normalized spacial score (nSPS) is 21.3. The Morgan fingerprint density at radius 2 is 2.11 bits per heavy atom. The number of hydrogen-bond donors (Lipinski definition) is 1. The van der Waals surface area contributed by atoms with Crippen LogP contribution in [0.25, 0.3) is 0 Å². The molecule has 1 aliphatic heterocycles. The van der Waals surface area contributed by atoms with E-state index in [1.807, 2.05) is 0 Å². The molecule has 0 bridgehead atoms. The first-order chi connectivity index (χ1) is 8.49. The number of benzene rings is 1. The molecule has 2 atom stereocenters. The topological polar surface area (TPSA) is 58.5 Å². The van der Waals surface area contributed by atoms with Gasteiger partial charge in [-0.1, -0.05) is 23.7 Å². The van der Waals surface area contributed by atoms with Gasteiger partial charge < -0.3 is 5.32 Å². The highest BCUT2D eigenvalue weighted by molar-refractivity contribution is 6.35. The van der Waals surface area contributed by atoms with Gasteiger partial charge in [-0.15, -0.1) is 11.6 Å². The summed E-state index contributed by atoms with van der Waals surface area (Å²) in [7, 11) is 0. The van der Waals surface area contributed by atoms with E-state index in [-0.39, 0.29) is 5.84 Å². The smallest absolute Gasteiger partial charge is 0.264 e. The number of carbonyl (C=O) groups excluding carboxylic acids is 2. The summed E-state index contributed by atoms with van der Waals surface area (Å²) in [5.74, 6) is -1.73. The van der Waals surface area contributed by atoms with Crippen LogP contribution in [0.2, 0.25) is 5.02 Å². The number of carbonyl (C=O) groups is 2. The van der Waals surface area contributed by atoms with E-state index >= 15 is 0 Å². The molecule has 0 fully saturated rings. The zero-order valence-corrected chi connectivity index (χ0v) is 11.0. The van der Waals surface area contributed by atoms with Crippen LogP contribution in [-0.2, 0) is 9.59 Å². The van der Waals surface area contributed by atoms with E-state index in [0.717, 1.165) is 0 Å². The summed E-state index contributed by atoms with van der Waals surface area (Å²) in [6.45, 7) is 1.63. The SMILES string of the molecule is CC(Cl)C1=NC(=O)C(c2cccc(Cl)c2)C(=O)N1. The lowest BCUT2D eigenvalue weighted by Crippen LogP contribution is -2.45. The van der Waals surface area contributed by atoms with Crippen molar-refractivity contribution in [3.05, 3.63) is 34.9 Å². The third-order valence-corrected chi connectivity index (χ3v) is 2.99. The molecule has 94 valence electrons. The van der Waals surface area contributed by atoms with Gasteiger partial charge in [0.2, 0.25) is 5.91 Å². The molecule has 0 saturated carbocycles. The highest BCUT2D eigenvalue weighted by Gasteiger charge is 2.34. The Hall–Kier alpha value is -1.39. The second-order valence-corrected chi connectivity index (χ2v) is 5.02. The number of aliphatic imine (C=N–C) groups is 1. The molecule has 6 heteroatoms. The first-order valence-electron chi connectivity index (χ1n) is 5.32. The fraction of sp³-hybridized carbons (Fsp3) is 0.250. The molecule has 1 N–H and O–H groups in total. The lowest BCUT2D eigenvalue weighted by Gasteiger charge is -2.21. The van der Waals surface area contributed by atoms with Gasteiger partial charge >= 0.3 is 0 Å². The minimum absolute atomic E-state index is 0.185. The van der Waals surface area contributed by atoms with E-state index in [1.165, 1.54) is 0 Å². The first-order valence-corrected chi connectivity index (χ1v) is 6.13. The van der Waals surface area contributed by atoms with E-state index in [2.05, 4.69) is 10.3 Å². The van der Waals surface area contributed by atoms with Crippen molar-refractivity contribution in [1.29, 1.82) is 0 Å². The minimum atomic E-state index is -0.956. The lowest BCUT2D eigenvalue weighted by atomic mass is 9.96. The Morgan fingerprint density at radius 3 is 2.67 bits per heavy atom. The molecule has 2 unspecified atom stereocenters. The summed E-state index contributed by atoms with van der Waals surface area (Å²) in [6.07, 6.45) is 0. The molecule has 1 aromatic carbocycles. The van der Waals surface area contributed by atoms with Gasteiger partial charge in [0.25, 0.3) is 5.91 Å². The van der Waals surface area contributed by atoms with Crippen molar-refractivity contribution in [3.63, 3.8) is 0 Å². The molecule has 1 aliphatic rings. The molecule has 0 saturated heterocycles. The molecule has 2 rings (SSSR count). The van der Waals surface area contributed by atoms with Gasteiger partial charge in [-0.2, -0.15) is 4.99 Å². The molecule has 1 aromatic rings. The number of rotatable bonds is 2. The van der Waals surface area contributed by atoms with Crippen molar-refractivity contribution in [3.8, 4) is 0 Å². The molecule has 4 nitrogen and oxygen atoms in total. The van der Waals surface area contributed by atoms with Crippen LogP contribution in [0.1, 0.15) is 18.4 Å². The predicted octanol–water partition coefficient (Wildman–Crippen LogP) is 2.11. The van der Waals surface area contributed by atoms with Crippen molar-refractivity contribution < 1.29 is 9.59 Å². The van der Waals surface area contributed by atoms with Gasteiger partial charge in [-0.05, 0) is 24.6 Å². The maximum absolute atomic E-state index is 11.9. The van der Waals surface area contributed by atoms with E-state index in [1.54, 1.807) is 31.2 Å². The Bertz CT molecular complexity index is 541. The highest BCUT2D eigenvalue weighted by atomic mass is 35.5. The van der Waals surface area contributed by atoms with Crippen molar-refractivity contribution in [2.24, 2.45) is 4.99 Å². The number of halogens is 2. The number of nitrogens with zero attached hydrogens (tertiary/aromatic N) is 1. The van der Waals surface area contributed by atoms with Crippen LogP contribution in [0, 0.1) is 0 Å². The van der Waals surface area contributed by atoms with Gasteiger partial charge in [0, 0.05) is 5.02 Å². The van der Waals surface area contributed by atoms with Crippen LogP contribution >= 0.6 is 23.2 Å². The molecule has 0 aromatic heterocycles. The molecular formula is C12H10Cl2N2O2. The van der Waals surface area contributed by atoms with E-state index < -0.39 is 23.1 Å². The number of amidine groups is 1. The third-order valence-electron chi connectivity index (χ3n) is 2.55. The maximum atomic E-state index is 11.9. The van der Waals surface area contributed by atoms with Crippen LogP contribution in [0.15, 0.2) is 29.3 Å². The van der Waals surface area contributed by atoms with Gasteiger partial charge in [0.05, 0.1) is 5.38 Å². The second kappa shape index (κ2) is 5.08. The number of nitrogens with one attached hydrogen (secondary N) is 1. The van der Waals surface area contributed by atoms with Crippen molar-refractivity contribution in [1.82, 2.24) is 5.32 Å². The number of amides is 2. The van der Waals surface area contributed by atoms with Crippen LogP contribution in [0.5, 0.6) is 0 Å². The molecule has 0 spiro atoms. The molecule has 2 amide bonds. The molecule has 0 aliphatic carbocycles. The molecule has 0 radical (unpaired) electrons. The third kappa shape index (κ3) is 2.54. The zero-order valence-electron chi connectivity index (χ0n) is 9.48. The van der Waals surface area contributed by atoms with Crippen LogP contribution in [0.3, 0.4) is 0 Å². The van der Waals surface area contributed by atoms with E-state index in [9.17, 15) is 9.59 Å². The Morgan fingerprint density at radius 1 is 1.39 bits per heavy atom. The summed E-state index contributed by atoms with van der Waals surface area (Å²) < 4.78 is 0. The number of hydrogen-bond acceptors (Lipinski definition) is 2. The summed E-state index contributed by atoms with van der Waals surface area (Å²) in [5, 5.41) is 2.48. The van der Waals surface area contributed by atoms with Gasteiger partial charge in [-0.25, -0.2) is 0 Å². The average Bonchev–Trinajstić information content (AvgIpc) is 2.27. The van der Waals surface area contributed by atoms with Gasteiger partial charge in [0.1, 0.15) is 11.8 Å². The Labute approximate surface area is 114 Å². The largest absolute Gasteiger partial charge is 0.312 e. The van der Waals surface area contributed by atoms with Crippen LogP contribution in [0.4, 0.5) is 0 Å². The van der Waals surface area contributed by atoms with E-state index in [0.29, 0.717) is 10.6 Å². The highest BCUT2D eigenvalue weighted by Crippen LogP contribution is 2.23. The summed E-state index contributed by atoms with van der Waals surface area (Å²) in [5.41, 5.74) is 0.523. The standard InChI is InChI=1S/C12H10Cl2N2O2/c1-6(13)10-15-11(17)9(12(18)16-10)7-3-2-4-8(14)5-7/h2-6,9H,1H3,(H,15,16,17,18). The van der Waals surface area contributed by atoms with E-state index in [4.69, 9.17) is 23.2 Å². The van der Waals surface area contributed by atoms with Crippen molar-refractivity contribution in [2.45, 2.75) is 18.2 Å². The summed E-state index contributed by atoms with van der Waals surface area (Å²) in [4.78, 5) is 27.6. The monoisotopic (exact) mass is 284 g/mol. The predicted molar refractivity (Wildman–Crippen MR) is 70.1 cm³/mol. The van der Waals surface area contributed by atoms with Gasteiger partial charge in [0.15, 0.2) is 0 Å². The Kier molecular flexibility index (Phi) is 3.68. The second-order valence-electron chi connectivity index (χ2n) is 3.93. The number of alkyl halides is 1. The Balaban J connectivity index is 2.36. The molecule has 18 heavy (non-hydrogen) atoms. The fourth-order valence-corrected chi connectivity index (χ4v) is 1.99. The quantitative estimate of drug-likeness (QED) is 0.668. The van der Waals surface area contributed by atoms with Gasteiger partial charge in [-0.3, -0.25) is 9.59 Å². The molecule has 1 heterocycles. The van der Waals surface area contributed by atoms with Crippen molar-refractivity contribution >= 4 is 40.9 Å². The lowest BCUT2D eigenvalue weighted by molar-refractivity contribution is -0.129. The minimum Gasteiger partial charge on any atom is -0.312 e. The summed E-state index contributed by atoms with van der Waals surface area (Å²) in [6, 6.07) is 6.60. The van der Waals surface area contributed by atoms with Crippen LogP contribution in [-0.4, -0.2) is 23.0 Å². The first kappa shape index (κ1) is 13.1. The maximum Gasteiger partial charge on any atom is 0.264 e. The zero-order chi connectivity index (χ0) is 13.3. The molecular weight excluding hydrogens is 275 g/mol. The van der Waals surface area contributed by atoms with Crippen LogP contribution < -0.4 is 5.32 Å². The average molecular weight is 285 g/mol. The fourth-order valence-electron chi connectivity index (χ4n) is 1.69. The van der Waals surface area contributed by atoms with Crippen molar-refractivity contribution in [2.75, 3.05) is 0 Å². The summed E-state index contributed by atoms with van der Waals surface area (Å²) >= 11 is 11.6.